The molecule has 0 fully saturated rings. The van der Waals surface area contributed by atoms with Gasteiger partial charge in [-0.3, -0.25) is 4.79 Å². The second kappa shape index (κ2) is 10.6. The molecule has 0 spiro atoms. The highest BCUT2D eigenvalue weighted by Gasteiger charge is 2.30. The van der Waals surface area contributed by atoms with E-state index >= 15 is 0 Å². The Balaban J connectivity index is 1.83. The molecule has 0 amide bonds. The summed E-state index contributed by atoms with van der Waals surface area (Å²) in [6.07, 6.45) is -4.44. The monoisotopic (exact) mass is 420 g/mol. The maximum Gasteiger partial charge on any atom is 0.416 e. The molecule has 7 heteroatoms. The molecule has 0 bridgehead atoms. The van der Waals surface area contributed by atoms with Gasteiger partial charge in [0, 0.05) is 5.92 Å². The van der Waals surface area contributed by atoms with Crippen molar-refractivity contribution in [2.24, 2.45) is 5.92 Å². The number of carboxylic acids is 1. The fourth-order valence-corrected chi connectivity index (χ4v) is 2.66. The van der Waals surface area contributed by atoms with Crippen LogP contribution in [-0.4, -0.2) is 24.3 Å². The summed E-state index contributed by atoms with van der Waals surface area (Å²) >= 11 is 0. The van der Waals surface area contributed by atoms with Gasteiger partial charge in [-0.05, 0) is 48.9 Å². The van der Waals surface area contributed by atoms with Crippen molar-refractivity contribution in [1.82, 2.24) is 0 Å². The van der Waals surface area contributed by atoms with Crippen molar-refractivity contribution in [3.8, 4) is 23.3 Å². The fourth-order valence-electron chi connectivity index (χ4n) is 2.66. The van der Waals surface area contributed by atoms with Gasteiger partial charge >= 0.3 is 12.1 Å². The summed E-state index contributed by atoms with van der Waals surface area (Å²) in [5, 5.41) is 9.00. The zero-order chi connectivity index (χ0) is 22.1. The van der Waals surface area contributed by atoms with Gasteiger partial charge < -0.3 is 14.6 Å². The van der Waals surface area contributed by atoms with Crippen molar-refractivity contribution in [3.63, 3.8) is 0 Å². The van der Waals surface area contributed by atoms with Crippen molar-refractivity contribution < 1.29 is 32.5 Å². The highest BCUT2D eigenvalue weighted by molar-refractivity contribution is 5.69. The molecule has 0 heterocycles. The number of aliphatic carboxylic acids is 1. The molecule has 2 aromatic carbocycles. The van der Waals surface area contributed by atoms with Crippen LogP contribution in [0.15, 0.2) is 48.5 Å². The minimum atomic E-state index is -4.37. The van der Waals surface area contributed by atoms with E-state index < -0.39 is 17.7 Å². The van der Waals surface area contributed by atoms with Crippen LogP contribution in [-0.2, 0) is 11.0 Å². The van der Waals surface area contributed by atoms with E-state index in [0.29, 0.717) is 18.1 Å². The maximum atomic E-state index is 12.6. The Labute approximate surface area is 173 Å². The van der Waals surface area contributed by atoms with Crippen LogP contribution in [0, 0.1) is 17.8 Å². The molecule has 0 aliphatic carbocycles. The van der Waals surface area contributed by atoms with Gasteiger partial charge in [-0.2, -0.15) is 13.2 Å². The summed E-state index contributed by atoms with van der Waals surface area (Å²) in [7, 11) is 0. The van der Waals surface area contributed by atoms with Crippen LogP contribution in [0.4, 0.5) is 13.2 Å². The van der Waals surface area contributed by atoms with Gasteiger partial charge in [0.15, 0.2) is 0 Å². The molecule has 1 N–H and O–H groups in total. The fraction of sp³-hybridized carbons (Fsp3) is 0.348. The topological polar surface area (TPSA) is 55.8 Å². The quantitative estimate of drug-likeness (QED) is 0.554. The third kappa shape index (κ3) is 7.36. The van der Waals surface area contributed by atoms with Crippen LogP contribution < -0.4 is 9.47 Å². The third-order valence-corrected chi connectivity index (χ3v) is 4.23. The standard InChI is InChI=1S/C23H23F3O4/c1-3-4-18(13-22(27)28)17-5-9-20(10-6-17)29-14-16(2)15-30-21-11-7-19(8-12-21)23(24,25)26/h5-12,16,18H,13-15H2,1-2H3,(H,27,28). The number of carbonyl (C=O) groups is 1. The molecule has 160 valence electrons. The van der Waals surface area contributed by atoms with Crippen molar-refractivity contribution in [3.05, 3.63) is 59.7 Å². The highest BCUT2D eigenvalue weighted by atomic mass is 19.4. The summed E-state index contributed by atoms with van der Waals surface area (Å²) in [6.45, 7) is 4.21. The third-order valence-electron chi connectivity index (χ3n) is 4.23. The Morgan fingerprint density at radius 2 is 1.50 bits per heavy atom. The number of ether oxygens (including phenoxy) is 2. The van der Waals surface area contributed by atoms with E-state index in [4.69, 9.17) is 14.6 Å². The Morgan fingerprint density at radius 1 is 1.00 bits per heavy atom. The van der Waals surface area contributed by atoms with Gasteiger partial charge in [-0.1, -0.05) is 25.0 Å². The van der Waals surface area contributed by atoms with Gasteiger partial charge in [0.25, 0.3) is 0 Å². The smallest absolute Gasteiger partial charge is 0.416 e. The van der Waals surface area contributed by atoms with Crippen molar-refractivity contribution in [2.45, 2.75) is 32.4 Å². The van der Waals surface area contributed by atoms with Gasteiger partial charge in [0.1, 0.15) is 11.5 Å². The first-order chi connectivity index (χ1) is 14.2. The summed E-state index contributed by atoms with van der Waals surface area (Å²) in [6, 6.07) is 11.6. The number of hydrogen-bond donors (Lipinski definition) is 1. The first kappa shape index (κ1) is 23.1. The number of carboxylic acid groups (broad SMARTS) is 1. The zero-order valence-electron chi connectivity index (χ0n) is 16.7. The van der Waals surface area contributed by atoms with E-state index in [1.807, 2.05) is 6.92 Å². The van der Waals surface area contributed by atoms with Crippen molar-refractivity contribution in [1.29, 1.82) is 0 Å². The normalized spacial score (nSPS) is 13.0. The number of benzene rings is 2. The minimum Gasteiger partial charge on any atom is -0.493 e. The molecule has 0 radical (unpaired) electrons. The van der Waals surface area contributed by atoms with E-state index in [1.165, 1.54) is 12.1 Å². The predicted octanol–water partition coefficient (Wildman–Crippen LogP) is 5.38. The molecule has 0 saturated heterocycles. The lowest BCUT2D eigenvalue weighted by atomic mass is 9.96. The second-order valence-corrected chi connectivity index (χ2v) is 6.86. The molecule has 4 nitrogen and oxygen atoms in total. The molecule has 2 unspecified atom stereocenters. The first-order valence-corrected chi connectivity index (χ1v) is 9.36. The summed E-state index contributed by atoms with van der Waals surface area (Å²) < 4.78 is 48.9. The Bertz CT molecular complexity index is 878. The number of alkyl halides is 3. The van der Waals surface area contributed by atoms with E-state index in [1.54, 1.807) is 31.2 Å². The highest BCUT2D eigenvalue weighted by Crippen LogP contribution is 2.30. The molecule has 2 aromatic rings. The van der Waals surface area contributed by atoms with Crippen LogP contribution in [0.3, 0.4) is 0 Å². The van der Waals surface area contributed by atoms with Gasteiger partial charge in [0.2, 0.25) is 0 Å². The number of hydrogen-bond acceptors (Lipinski definition) is 3. The molecule has 30 heavy (non-hydrogen) atoms. The van der Waals surface area contributed by atoms with Crippen molar-refractivity contribution >= 4 is 5.97 Å². The molecule has 0 aliphatic rings. The molecule has 0 saturated carbocycles. The van der Waals surface area contributed by atoms with Gasteiger partial charge in [-0.25, -0.2) is 0 Å². The average Bonchev–Trinajstić information content (AvgIpc) is 2.70. The lowest BCUT2D eigenvalue weighted by Crippen LogP contribution is -2.16. The molecule has 2 rings (SSSR count). The van der Waals surface area contributed by atoms with E-state index in [9.17, 15) is 18.0 Å². The summed E-state index contributed by atoms with van der Waals surface area (Å²) in [4.78, 5) is 11.0. The number of rotatable bonds is 9. The van der Waals surface area contributed by atoms with Crippen LogP contribution in [0.5, 0.6) is 11.5 Å². The zero-order valence-corrected chi connectivity index (χ0v) is 16.7. The van der Waals surface area contributed by atoms with Crippen LogP contribution in [0.2, 0.25) is 0 Å². The molecule has 0 aliphatic heterocycles. The predicted molar refractivity (Wildman–Crippen MR) is 106 cm³/mol. The molecule has 2 atom stereocenters. The summed E-state index contributed by atoms with van der Waals surface area (Å²) in [5.74, 6) is 5.34. The first-order valence-electron chi connectivity index (χ1n) is 9.36. The lowest BCUT2D eigenvalue weighted by molar-refractivity contribution is -0.138. The largest absolute Gasteiger partial charge is 0.493 e. The van der Waals surface area contributed by atoms with Crippen LogP contribution in [0.25, 0.3) is 0 Å². The van der Waals surface area contributed by atoms with Crippen molar-refractivity contribution in [2.75, 3.05) is 13.2 Å². The molecular formula is C23H23F3O4. The molecular weight excluding hydrogens is 397 g/mol. The maximum absolute atomic E-state index is 12.6. The number of halogens is 3. The molecule has 0 aromatic heterocycles. The minimum absolute atomic E-state index is 0.00214. The Hall–Kier alpha value is -3.14. The second-order valence-electron chi connectivity index (χ2n) is 6.86. The van der Waals surface area contributed by atoms with E-state index in [0.717, 1.165) is 17.7 Å². The van der Waals surface area contributed by atoms with Crippen LogP contribution in [0.1, 0.15) is 37.3 Å². The van der Waals surface area contributed by atoms with Gasteiger partial charge in [-0.15, -0.1) is 5.92 Å². The Kier molecular flexibility index (Phi) is 8.16. The Morgan fingerprint density at radius 3 is 1.93 bits per heavy atom. The SMILES string of the molecule is CC#CC(CC(=O)O)c1ccc(OCC(C)COc2ccc(C(F)(F)F)cc2)cc1. The summed E-state index contributed by atoms with van der Waals surface area (Å²) in [5.41, 5.74) is 0.0861. The average molecular weight is 420 g/mol. The van der Waals surface area contributed by atoms with Gasteiger partial charge in [0.05, 0.1) is 31.1 Å². The van der Waals surface area contributed by atoms with E-state index in [2.05, 4.69) is 11.8 Å². The lowest BCUT2D eigenvalue weighted by Gasteiger charge is -2.15. The van der Waals surface area contributed by atoms with E-state index in [-0.39, 0.29) is 24.9 Å². The van der Waals surface area contributed by atoms with Crippen LogP contribution >= 0.6 is 0 Å².